The van der Waals surface area contributed by atoms with E-state index in [1.54, 1.807) is 16.3 Å². The lowest BCUT2D eigenvalue weighted by Crippen LogP contribution is -2.11. The highest BCUT2D eigenvalue weighted by atomic mass is 32.2. The van der Waals surface area contributed by atoms with Crippen molar-refractivity contribution in [3.8, 4) is 6.07 Å². The van der Waals surface area contributed by atoms with Crippen molar-refractivity contribution in [2.24, 2.45) is 0 Å². The van der Waals surface area contributed by atoms with Crippen molar-refractivity contribution in [3.63, 3.8) is 0 Å². The van der Waals surface area contributed by atoms with E-state index < -0.39 is 5.97 Å². The number of benzene rings is 2. The molecule has 0 radical (unpaired) electrons. The summed E-state index contributed by atoms with van der Waals surface area (Å²) in [5, 5.41) is 18.8. The second-order valence-corrected chi connectivity index (χ2v) is 7.43. The molecule has 0 saturated heterocycles. The van der Waals surface area contributed by atoms with Gasteiger partial charge in [0.1, 0.15) is 12.6 Å². The quantitative estimate of drug-likeness (QED) is 0.671. The van der Waals surface area contributed by atoms with Gasteiger partial charge in [-0.05, 0) is 43.2 Å². The summed E-state index contributed by atoms with van der Waals surface area (Å²) in [6, 6.07) is 20.6. The molecule has 0 atom stereocenters. The average Bonchev–Trinajstić information content (AvgIpc) is 2.87. The molecule has 0 aliphatic rings. The number of rotatable bonds is 6. The molecule has 4 nitrogen and oxygen atoms in total. The van der Waals surface area contributed by atoms with E-state index in [2.05, 4.69) is 30.3 Å². The first-order valence-electron chi connectivity index (χ1n) is 8.62. The standard InChI is InChI=1S/C22H20N2O2S/c1-15-19(20(13-23)16(2)24(15)14-22(25)26)12-17-8-6-7-11-21(17)27-18-9-4-3-5-10-18/h3-11H,12,14H2,1-2H3,(H,25,26). The van der Waals surface area contributed by atoms with Crippen LogP contribution in [0.15, 0.2) is 64.4 Å². The molecule has 0 amide bonds. The topological polar surface area (TPSA) is 66.0 Å². The molecule has 27 heavy (non-hydrogen) atoms. The van der Waals surface area contributed by atoms with Crippen molar-refractivity contribution in [2.45, 2.75) is 36.6 Å². The van der Waals surface area contributed by atoms with Crippen LogP contribution in [-0.4, -0.2) is 15.6 Å². The van der Waals surface area contributed by atoms with Gasteiger partial charge in [-0.25, -0.2) is 0 Å². The molecule has 3 rings (SSSR count). The van der Waals surface area contributed by atoms with Crippen molar-refractivity contribution >= 4 is 17.7 Å². The molecule has 136 valence electrons. The van der Waals surface area contributed by atoms with Crippen LogP contribution in [0.5, 0.6) is 0 Å². The Morgan fingerprint density at radius 3 is 2.41 bits per heavy atom. The van der Waals surface area contributed by atoms with E-state index in [0.29, 0.717) is 17.7 Å². The van der Waals surface area contributed by atoms with Crippen LogP contribution in [0.4, 0.5) is 0 Å². The van der Waals surface area contributed by atoms with Crippen molar-refractivity contribution in [2.75, 3.05) is 0 Å². The maximum Gasteiger partial charge on any atom is 0.323 e. The van der Waals surface area contributed by atoms with E-state index in [4.69, 9.17) is 0 Å². The first-order chi connectivity index (χ1) is 13.0. The van der Waals surface area contributed by atoms with Crippen LogP contribution in [0.1, 0.15) is 28.1 Å². The third-order valence-electron chi connectivity index (χ3n) is 4.63. The molecule has 3 aromatic rings. The Hall–Kier alpha value is -2.97. The number of nitriles is 1. The fourth-order valence-electron chi connectivity index (χ4n) is 3.24. The zero-order valence-corrected chi connectivity index (χ0v) is 16.1. The summed E-state index contributed by atoms with van der Waals surface area (Å²) in [5.41, 5.74) is 4.15. The second kappa shape index (κ2) is 8.15. The lowest BCUT2D eigenvalue weighted by Gasteiger charge is -2.10. The predicted molar refractivity (Wildman–Crippen MR) is 106 cm³/mol. The number of aliphatic carboxylic acids is 1. The van der Waals surface area contributed by atoms with Gasteiger partial charge in [0.15, 0.2) is 0 Å². The van der Waals surface area contributed by atoms with Crippen LogP contribution < -0.4 is 0 Å². The second-order valence-electron chi connectivity index (χ2n) is 6.32. The zero-order valence-electron chi connectivity index (χ0n) is 15.3. The predicted octanol–water partition coefficient (Wildman–Crippen LogP) is 4.80. The molecule has 5 heteroatoms. The van der Waals surface area contributed by atoms with E-state index in [0.717, 1.165) is 26.6 Å². The van der Waals surface area contributed by atoms with Gasteiger partial charge in [0.25, 0.3) is 0 Å². The van der Waals surface area contributed by atoms with Gasteiger partial charge in [0.05, 0.1) is 5.56 Å². The van der Waals surface area contributed by atoms with Crippen molar-refractivity contribution < 1.29 is 9.90 Å². The van der Waals surface area contributed by atoms with Crippen LogP contribution in [0.25, 0.3) is 0 Å². The van der Waals surface area contributed by atoms with Crippen LogP contribution in [0.3, 0.4) is 0 Å². The SMILES string of the molecule is Cc1c(C#N)c(Cc2ccccc2Sc2ccccc2)c(C)n1CC(=O)O. The lowest BCUT2D eigenvalue weighted by molar-refractivity contribution is -0.137. The third-order valence-corrected chi connectivity index (χ3v) is 5.75. The molecule has 0 aliphatic carbocycles. The van der Waals surface area contributed by atoms with E-state index in [1.165, 1.54) is 0 Å². The third kappa shape index (κ3) is 4.07. The number of hydrogen-bond donors (Lipinski definition) is 1. The van der Waals surface area contributed by atoms with Crippen LogP contribution >= 0.6 is 11.8 Å². The maximum atomic E-state index is 11.2. The number of aromatic nitrogens is 1. The van der Waals surface area contributed by atoms with Gasteiger partial charge < -0.3 is 9.67 Å². The van der Waals surface area contributed by atoms with E-state index in [-0.39, 0.29) is 6.54 Å². The van der Waals surface area contributed by atoms with E-state index in [1.807, 2.05) is 44.2 Å². The fourth-order valence-corrected chi connectivity index (χ4v) is 4.21. The summed E-state index contributed by atoms with van der Waals surface area (Å²) in [7, 11) is 0. The Labute approximate surface area is 163 Å². The van der Waals surface area contributed by atoms with Crippen molar-refractivity contribution in [3.05, 3.63) is 82.7 Å². The number of hydrogen-bond acceptors (Lipinski definition) is 3. The Morgan fingerprint density at radius 1 is 1.07 bits per heavy atom. The number of carboxylic acids is 1. The molecule has 1 heterocycles. The number of carbonyl (C=O) groups is 1. The zero-order chi connectivity index (χ0) is 19.4. The summed E-state index contributed by atoms with van der Waals surface area (Å²) in [6.07, 6.45) is 0.595. The molecule has 2 aromatic carbocycles. The van der Waals surface area contributed by atoms with Crippen molar-refractivity contribution in [1.82, 2.24) is 4.57 Å². The fraction of sp³-hybridized carbons (Fsp3) is 0.182. The minimum atomic E-state index is -0.910. The highest BCUT2D eigenvalue weighted by molar-refractivity contribution is 7.99. The van der Waals surface area contributed by atoms with Gasteiger partial charge >= 0.3 is 5.97 Å². The average molecular weight is 376 g/mol. The molecule has 0 spiro atoms. The Kier molecular flexibility index (Phi) is 5.68. The summed E-state index contributed by atoms with van der Waals surface area (Å²) in [4.78, 5) is 13.5. The minimum Gasteiger partial charge on any atom is -0.480 e. The van der Waals surface area contributed by atoms with E-state index in [9.17, 15) is 15.2 Å². The molecule has 0 aliphatic heterocycles. The smallest absolute Gasteiger partial charge is 0.323 e. The summed E-state index contributed by atoms with van der Waals surface area (Å²) < 4.78 is 1.71. The largest absolute Gasteiger partial charge is 0.480 e. The normalized spacial score (nSPS) is 10.6. The molecule has 0 fully saturated rings. The molecular weight excluding hydrogens is 356 g/mol. The Morgan fingerprint density at radius 2 is 1.74 bits per heavy atom. The highest BCUT2D eigenvalue weighted by Gasteiger charge is 2.20. The van der Waals surface area contributed by atoms with Gasteiger partial charge in [-0.3, -0.25) is 4.79 Å². The lowest BCUT2D eigenvalue weighted by atomic mass is 10.0. The van der Waals surface area contributed by atoms with E-state index >= 15 is 0 Å². The van der Waals surface area contributed by atoms with Crippen LogP contribution in [-0.2, 0) is 17.8 Å². The summed E-state index contributed by atoms with van der Waals surface area (Å²) >= 11 is 1.69. The molecule has 1 N–H and O–H groups in total. The molecular formula is C22H20N2O2S. The summed E-state index contributed by atoms with van der Waals surface area (Å²) in [5.74, 6) is -0.910. The van der Waals surface area contributed by atoms with Crippen molar-refractivity contribution in [1.29, 1.82) is 5.26 Å². The van der Waals surface area contributed by atoms with Gasteiger partial charge in [0.2, 0.25) is 0 Å². The maximum absolute atomic E-state index is 11.2. The van der Waals surface area contributed by atoms with Gasteiger partial charge in [0, 0.05) is 27.6 Å². The minimum absolute atomic E-state index is 0.132. The highest BCUT2D eigenvalue weighted by Crippen LogP contribution is 2.33. The first kappa shape index (κ1) is 18.8. The molecule has 0 unspecified atom stereocenters. The number of nitrogens with zero attached hydrogens (tertiary/aromatic N) is 2. The van der Waals surface area contributed by atoms with Crippen LogP contribution in [0, 0.1) is 25.2 Å². The molecule has 0 bridgehead atoms. The first-order valence-corrected chi connectivity index (χ1v) is 9.44. The van der Waals surface area contributed by atoms with Crippen LogP contribution in [0.2, 0.25) is 0 Å². The Bertz CT molecular complexity index is 1020. The Balaban J connectivity index is 1.99. The monoisotopic (exact) mass is 376 g/mol. The van der Waals surface area contributed by atoms with Gasteiger partial charge in [-0.15, -0.1) is 0 Å². The summed E-state index contributed by atoms with van der Waals surface area (Å²) in [6.45, 7) is 3.56. The van der Waals surface area contributed by atoms with Gasteiger partial charge in [-0.1, -0.05) is 48.2 Å². The van der Waals surface area contributed by atoms with Gasteiger partial charge in [-0.2, -0.15) is 5.26 Å². The molecule has 0 saturated carbocycles. The number of carboxylic acid groups (broad SMARTS) is 1. The molecule has 1 aromatic heterocycles.